The maximum absolute atomic E-state index is 11.6. The molecule has 1 aromatic rings. The van der Waals surface area contributed by atoms with E-state index in [0.29, 0.717) is 11.4 Å². The highest BCUT2D eigenvalue weighted by Gasteiger charge is 2.18. The molecular formula is C11H15NO3. The van der Waals surface area contributed by atoms with Crippen molar-refractivity contribution in [1.82, 2.24) is 4.98 Å². The van der Waals surface area contributed by atoms with Crippen LogP contribution >= 0.6 is 0 Å². The Bertz CT molecular complexity index is 355. The normalized spacial score (nSPS) is 10.9. The van der Waals surface area contributed by atoms with Gasteiger partial charge in [-0.2, -0.15) is 0 Å². The lowest BCUT2D eigenvalue weighted by molar-refractivity contribution is 0.00690. The third kappa shape index (κ3) is 3.58. The molecule has 0 saturated heterocycles. The molecule has 0 amide bonds. The monoisotopic (exact) mass is 209 g/mol. The van der Waals surface area contributed by atoms with E-state index in [2.05, 4.69) is 4.98 Å². The number of hydrogen-bond acceptors (Lipinski definition) is 4. The number of hydrogen-bond donors (Lipinski definition) is 0. The molecule has 0 saturated carbocycles. The van der Waals surface area contributed by atoms with Crippen molar-refractivity contribution in [3.63, 3.8) is 0 Å². The van der Waals surface area contributed by atoms with Crippen LogP contribution in [-0.4, -0.2) is 23.7 Å². The Morgan fingerprint density at radius 1 is 1.40 bits per heavy atom. The first-order chi connectivity index (χ1) is 6.92. The van der Waals surface area contributed by atoms with Crippen molar-refractivity contribution in [1.29, 1.82) is 0 Å². The molecule has 0 aliphatic carbocycles. The minimum atomic E-state index is -0.492. The number of rotatable bonds is 2. The molecule has 1 rings (SSSR count). The largest absolute Gasteiger partial charge is 0.481 e. The van der Waals surface area contributed by atoms with Crippen molar-refractivity contribution in [3.8, 4) is 5.88 Å². The summed E-state index contributed by atoms with van der Waals surface area (Å²) in [5.41, 5.74) is -0.0510. The van der Waals surface area contributed by atoms with Gasteiger partial charge in [-0.3, -0.25) is 0 Å². The summed E-state index contributed by atoms with van der Waals surface area (Å²) in [4.78, 5) is 15.5. The highest BCUT2D eigenvalue weighted by atomic mass is 16.6. The van der Waals surface area contributed by atoms with Crippen molar-refractivity contribution in [2.75, 3.05) is 7.11 Å². The van der Waals surface area contributed by atoms with Gasteiger partial charge in [0.1, 0.15) is 5.60 Å². The average Bonchev–Trinajstić information content (AvgIpc) is 2.15. The van der Waals surface area contributed by atoms with Gasteiger partial charge >= 0.3 is 5.97 Å². The first-order valence-corrected chi connectivity index (χ1v) is 4.66. The zero-order chi connectivity index (χ0) is 11.5. The maximum atomic E-state index is 11.6. The third-order valence-corrected chi connectivity index (χ3v) is 1.58. The number of carbonyl (C=O) groups excluding carboxylic acids is 1. The van der Waals surface area contributed by atoms with Crippen LogP contribution in [0.5, 0.6) is 5.88 Å². The summed E-state index contributed by atoms with van der Waals surface area (Å²) in [7, 11) is 1.50. The zero-order valence-electron chi connectivity index (χ0n) is 9.40. The molecule has 4 heteroatoms. The van der Waals surface area contributed by atoms with Gasteiger partial charge in [-0.05, 0) is 26.8 Å². The van der Waals surface area contributed by atoms with E-state index in [1.165, 1.54) is 13.3 Å². The summed E-state index contributed by atoms with van der Waals surface area (Å²) >= 11 is 0. The quantitative estimate of drug-likeness (QED) is 0.699. The van der Waals surface area contributed by atoms with Gasteiger partial charge in [0.15, 0.2) is 0 Å². The molecule has 0 bridgehead atoms. The predicted octanol–water partition coefficient (Wildman–Crippen LogP) is 2.05. The topological polar surface area (TPSA) is 48.4 Å². The van der Waals surface area contributed by atoms with Crippen molar-refractivity contribution in [2.45, 2.75) is 26.4 Å². The van der Waals surface area contributed by atoms with Crippen LogP contribution in [0.3, 0.4) is 0 Å². The highest BCUT2D eigenvalue weighted by molar-refractivity contribution is 5.89. The first kappa shape index (κ1) is 11.5. The number of aromatic nitrogens is 1. The third-order valence-electron chi connectivity index (χ3n) is 1.58. The van der Waals surface area contributed by atoms with Gasteiger partial charge in [-0.1, -0.05) is 0 Å². The Hall–Kier alpha value is -1.58. The van der Waals surface area contributed by atoms with Gasteiger partial charge in [0, 0.05) is 12.3 Å². The van der Waals surface area contributed by atoms with Gasteiger partial charge in [-0.15, -0.1) is 0 Å². The lowest BCUT2D eigenvalue weighted by atomic mass is 10.2. The van der Waals surface area contributed by atoms with Crippen LogP contribution < -0.4 is 4.74 Å². The molecule has 82 valence electrons. The van der Waals surface area contributed by atoms with E-state index in [0.717, 1.165) is 0 Å². The summed E-state index contributed by atoms with van der Waals surface area (Å²) in [6, 6.07) is 3.14. The second-order valence-electron chi connectivity index (χ2n) is 4.09. The molecule has 0 N–H and O–H groups in total. The van der Waals surface area contributed by atoms with E-state index in [1.54, 1.807) is 12.1 Å². The molecule has 4 nitrogen and oxygen atoms in total. The minimum absolute atomic E-state index is 0.372. The van der Waals surface area contributed by atoms with Gasteiger partial charge in [0.05, 0.1) is 12.7 Å². The molecule has 0 aromatic carbocycles. The number of ether oxygens (including phenoxy) is 2. The fourth-order valence-corrected chi connectivity index (χ4v) is 0.985. The number of esters is 1. The predicted molar refractivity (Wildman–Crippen MR) is 56.0 cm³/mol. The number of methoxy groups -OCH3 is 1. The molecule has 0 radical (unpaired) electrons. The molecule has 0 atom stereocenters. The fourth-order valence-electron chi connectivity index (χ4n) is 0.985. The average molecular weight is 209 g/mol. The maximum Gasteiger partial charge on any atom is 0.338 e. The molecule has 0 unspecified atom stereocenters. The molecule has 0 aliphatic heterocycles. The van der Waals surface area contributed by atoms with Crippen LogP contribution in [0.1, 0.15) is 31.1 Å². The molecule has 0 fully saturated rings. The molecule has 0 aliphatic rings. The molecule has 15 heavy (non-hydrogen) atoms. The Balaban J connectivity index is 2.82. The summed E-state index contributed by atoms with van der Waals surface area (Å²) in [5.74, 6) is 0.0292. The molecule has 1 aromatic heterocycles. The summed E-state index contributed by atoms with van der Waals surface area (Å²) in [6.07, 6.45) is 1.51. The van der Waals surface area contributed by atoms with Crippen molar-refractivity contribution in [3.05, 3.63) is 23.9 Å². The summed E-state index contributed by atoms with van der Waals surface area (Å²) < 4.78 is 10.1. The van der Waals surface area contributed by atoms with Gasteiger partial charge in [-0.25, -0.2) is 9.78 Å². The molecule has 1 heterocycles. The standard InChI is InChI=1S/C11H15NO3/c1-11(2,3)15-10(13)8-5-6-12-9(7-8)14-4/h5-7H,1-4H3. The lowest BCUT2D eigenvalue weighted by Gasteiger charge is -2.19. The zero-order valence-corrected chi connectivity index (χ0v) is 9.40. The number of nitrogens with zero attached hydrogens (tertiary/aromatic N) is 1. The Morgan fingerprint density at radius 2 is 2.07 bits per heavy atom. The molecule has 0 spiro atoms. The van der Waals surface area contributed by atoms with Crippen LogP contribution in [0.15, 0.2) is 18.3 Å². The van der Waals surface area contributed by atoms with Crippen LogP contribution in [0.4, 0.5) is 0 Å². The highest BCUT2D eigenvalue weighted by Crippen LogP contribution is 2.14. The Kier molecular flexibility index (Phi) is 3.29. The van der Waals surface area contributed by atoms with E-state index in [-0.39, 0.29) is 5.97 Å². The van der Waals surface area contributed by atoms with E-state index in [9.17, 15) is 4.79 Å². The lowest BCUT2D eigenvalue weighted by Crippen LogP contribution is -2.23. The van der Waals surface area contributed by atoms with Gasteiger partial charge in [0.2, 0.25) is 5.88 Å². The first-order valence-electron chi connectivity index (χ1n) is 4.66. The number of pyridine rings is 1. The smallest absolute Gasteiger partial charge is 0.338 e. The molecular weight excluding hydrogens is 194 g/mol. The van der Waals surface area contributed by atoms with Crippen molar-refractivity contribution >= 4 is 5.97 Å². The van der Waals surface area contributed by atoms with E-state index >= 15 is 0 Å². The van der Waals surface area contributed by atoms with Gasteiger partial charge in [0.25, 0.3) is 0 Å². The van der Waals surface area contributed by atoms with E-state index in [1.807, 2.05) is 20.8 Å². The van der Waals surface area contributed by atoms with Crippen LogP contribution in [0, 0.1) is 0 Å². The number of carbonyl (C=O) groups is 1. The van der Waals surface area contributed by atoms with Crippen LogP contribution in [0.2, 0.25) is 0 Å². The van der Waals surface area contributed by atoms with Crippen molar-refractivity contribution < 1.29 is 14.3 Å². The summed E-state index contributed by atoms with van der Waals surface area (Å²) in [6.45, 7) is 5.47. The van der Waals surface area contributed by atoms with E-state index in [4.69, 9.17) is 9.47 Å². The Labute approximate surface area is 89.2 Å². The van der Waals surface area contributed by atoms with Crippen molar-refractivity contribution in [2.24, 2.45) is 0 Å². The van der Waals surface area contributed by atoms with E-state index < -0.39 is 5.60 Å². The summed E-state index contributed by atoms with van der Waals surface area (Å²) in [5, 5.41) is 0. The van der Waals surface area contributed by atoms with Crippen LogP contribution in [-0.2, 0) is 4.74 Å². The van der Waals surface area contributed by atoms with Gasteiger partial charge < -0.3 is 9.47 Å². The Morgan fingerprint density at radius 3 is 2.60 bits per heavy atom. The second-order valence-corrected chi connectivity index (χ2v) is 4.09. The SMILES string of the molecule is COc1cc(C(=O)OC(C)(C)C)ccn1. The van der Waals surface area contributed by atoms with Crippen LogP contribution in [0.25, 0.3) is 0 Å². The minimum Gasteiger partial charge on any atom is -0.481 e. The fraction of sp³-hybridized carbons (Fsp3) is 0.455. The second kappa shape index (κ2) is 4.29.